The van der Waals surface area contributed by atoms with Gasteiger partial charge in [-0.1, -0.05) is 6.07 Å². The third kappa shape index (κ3) is 4.81. The van der Waals surface area contributed by atoms with Crippen molar-refractivity contribution in [2.75, 3.05) is 28.6 Å². The largest absolute Gasteiger partial charge is 0.416 e. The zero-order valence-electron chi connectivity index (χ0n) is 20.2. The number of anilines is 4. The molecule has 4 aromatic rings. The van der Waals surface area contributed by atoms with Crippen LogP contribution in [0.1, 0.15) is 32.7 Å². The molecule has 0 radical (unpaired) electrons. The first kappa shape index (κ1) is 24.6. The number of carbonyl (C=O) groups excluding carboxylic acids is 1. The van der Waals surface area contributed by atoms with Crippen LogP contribution >= 0.6 is 11.5 Å². The van der Waals surface area contributed by atoms with Crippen molar-refractivity contribution < 1.29 is 18.0 Å². The van der Waals surface area contributed by atoms with Crippen LogP contribution in [0.3, 0.4) is 0 Å². The zero-order chi connectivity index (χ0) is 27.1. The maximum absolute atomic E-state index is 13.1. The summed E-state index contributed by atoms with van der Waals surface area (Å²) in [5, 5.41) is 6.28. The molecule has 0 fully saturated rings. The molecule has 5 heterocycles. The number of aliphatic imine (C=N–C) groups is 1. The van der Waals surface area contributed by atoms with Crippen molar-refractivity contribution in [1.82, 2.24) is 24.3 Å². The van der Waals surface area contributed by atoms with Gasteiger partial charge in [-0.25, -0.2) is 9.97 Å². The lowest BCUT2D eigenvalue weighted by Gasteiger charge is -2.28. The Balaban J connectivity index is 1.31. The summed E-state index contributed by atoms with van der Waals surface area (Å²) in [6.45, 7) is 3.13. The molecule has 3 aromatic heterocycles. The fraction of sp³-hybridized carbons (Fsp3) is 0.160. The summed E-state index contributed by atoms with van der Waals surface area (Å²) in [5.41, 5.74) is 2.46. The Morgan fingerprint density at radius 2 is 2.00 bits per heavy atom. The molecule has 0 aliphatic carbocycles. The first-order valence-corrected chi connectivity index (χ1v) is 12.4. The molecule has 0 saturated heterocycles. The van der Waals surface area contributed by atoms with E-state index in [1.165, 1.54) is 17.9 Å². The smallest absolute Gasteiger partial charge is 0.321 e. The number of benzene rings is 1. The Labute approximate surface area is 223 Å². The summed E-state index contributed by atoms with van der Waals surface area (Å²) in [7, 11) is 0. The Morgan fingerprint density at radius 3 is 2.79 bits per heavy atom. The van der Waals surface area contributed by atoms with Crippen LogP contribution in [0.15, 0.2) is 54.0 Å². The molecule has 2 N–H and O–H groups in total. The molecule has 0 atom stereocenters. The van der Waals surface area contributed by atoms with Gasteiger partial charge in [-0.2, -0.15) is 22.5 Å². The molecule has 39 heavy (non-hydrogen) atoms. The van der Waals surface area contributed by atoms with Crippen LogP contribution in [0.4, 0.5) is 35.8 Å². The molecule has 14 heteroatoms. The van der Waals surface area contributed by atoms with E-state index in [-0.39, 0.29) is 5.69 Å². The van der Waals surface area contributed by atoms with Crippen molar-refractivity contribution in [3.8, 4) is 0 Å². The number of halogens is 3. The number of amides is 1. The maximum atomic E-state index is 13.1. The number of carbonyl (C=O) groups is 1. The van der Waals surface area contributed by atoms with Gasteiger partial charge in [0, 0.05) is 47.3 Å². The van der Waals surface area contributed by atoms with Crippen molar-refractivity contribution in [2.45, 2.75) is 13.1 Å². The molecule has 10 nitrogen and oxygen atoms in total. The van der Waals surface area contributed by atoms with Gasteiger partial charge in [-0.15, -0.1) is 0 Å². The molecule has 2 aliphatic heterocycles. The maximum Gasteiger partial charge on any atom is 0.416 e. The van der Waals surface area contributed by atoms with E-state index in [1.807, 2.05) is 24.0 Å². The monoisotopic (exact) mass is 549 g/mol. The van der Waals surface area contributed by atoms with Crippen molar-refractivity contribution in [3.63, 3.8) is 0 Å². The first-order chi connectivity index (χ1) is 18.8. The lowest BCUT2D eigenvalue weighted by molar-refractivity contribution is -0.137. The minimum Gasteiger partial charge on any atom is -0.321 e. The van der Waals surface area contributed by atoms with Crippen LogP contribution in [0.25, 0.3) is 11.6 Å². The second-order valence-corrected chi connectivity index (χ2v) is 9.45. The first-order valence-electron chi connectivity index (χ1n) is 11.7. The molecular weight excluding hydrogens is 531 g/mol. The average Bonchev–Trinajstić information content (AvgIpc) is 3.62. The Hall–Kier alpha value is -4.72. The van der Waals surface area contributed by atoms with Crippen LogP contribution in [-0.4, -0.2) is 49.1 Å². The van der Waals surface area contributed by atoms with Gasteiger partial charge in [0.1, 0.15) is 23.7 Å². The summed E-state index contributed by atoms with van der Waals surface area (Å²) >= 11 is 1.19. The number of alkyl halides is 3. The minimum absolute atomic E-state index is 0.334. The van der Waals surface area contributed by atoms with Crippen LogP contribution in [0.5, 0.6) is 0 Å². The number of hydrogen-bond acceptors (Lipinski definition) is 10. The van der Waals surface area contributed by atoms with Crippen molar-refractivity contribution in [2.24, 2.45) is 4.99 Å². The Morgan fingerprint density at radius 1 is 1.13 bits per heavy atom. The van der Waals surface area contributed by atoms with Crippen molar-refractivity contribution >= 4 is 57.5 Å². The molecule has 1 aromatic carbocycles. The number of fused-ring (bicyclic) bond motifs is 3. The second kappa shape index (κ2) is 9.54. The molecule has 0 bridgehead atoms. The number of aryl methyl sites for hydroxylation is 1. The van der Waals surface area contributed by atoms with Crippen molar-refractivity contribution in [3.05, 3.63) is 77.0 Å². The molecule has 0 unspecified atom stereocenters. The number of rotatable bonds is 5. The number of hydrogen-bond donors (Lipinski definition) is 2. The quantitative estimate of drug-likeness (QED) is 0.364. The molecule has 0 saturated carbocycles. The standard InChI is InChI=1S/C25H18F3N9OS/c1-13-2-3-16(34-22(38)19-9-15(4-5-29-19)25(26,27)28)10-17(13)18-8-14-11-31-23(36-24-32-12-33-39-24)35-20(14)37-7-6-30-21(18)37/h2-5,8-12H,6-7H2,1H3,(H,34,38)(H,31,32,33,35,36). The van der Waals surface area contributed by atoms with Crippen molar-refractivity contribution in [1.29, 1.82) is 0 Å². The van der Waals surface area contributed by atoms with Crippen LogP contribution < -0.4 is 15.5 Å². The predicted molar refractivity (Wildman–Crippen MR) is 141 cm³/mol. The number of nitrogens with zero attached hydrogens (tertiary/aromatic N) is 7. The predicted octanol–water partition coefficient (Wildman–Crippen LogP) is 4.82. The molecule has 2 aliphatic rings. The van der Waals surface area contributed by atoms with Gasteiger partial charge in [0.2, 0.25) is 11.1 Å². The van der Waals surface area contributed by atoms with Gasteiger partial charge in [0.25, 0.3) is 5.91 Å². The third-order valence-electron chi connectivity index (χ3n) is 6.12. The molecular formula is C25H18F3N9OS. The fourth-order valence-corrected chi connectivity index (χ4v) is 4.73. The van der Waals surface area contributed by atoms with Gasteiger partial charge in [0.15, 0.2) is 0 Å². The van der Waals surface area contributed by atoms with Gasteiger partial charge in [-0.05, 0) is 48.4 Å². The van der Waals surface area contributed by atoms with Crippen LogP contribution in [-0.2, 0) is 6.18 Å². The van der Waals surface area contributed by atoms with E-state index in [1.54, 1.807) is 18.3 Å². The molecule has 0 spiro atoms. The van der Waals surface area contributed by atoms with E-state index in [9.17, 15) is 18.0 Å². The summed E-state index contributed by atoms with van der Waals surface area (Å²) in [6.07, 6.45) is 1.48. The SMILES string of the molecule is Cc1ccc(NC(=O)c2cc(C(F)(F)F)ccn2)cc1C1=Cc2cnc(Nc3ncns3)nc2N2CCN=C12. The third-order valence-corrected chi connectivity index (χ3v) is 6.70. The molecule has 196 valence electrons. The van der Waals surface area contributed by atoms with Crippen LogP contribution in [0.2, 0.25) is 0 Å². The highest BCUT2D eigenvalue weighted by Crippen LogP contribution is 2.37. The topological polar surface area (TPSA) is 121 Å². The summed E-state index contributed by atoms with van der Waals surface area (Å²) < 4.78 is 43.2. The van der Waals surface area contributed by atoms with E-state index in [4.69, 9.17) is 4.99 Å². The summed E-state index contributed by atoms with van der Waals surface area (Å²) in [4.78, 5) is 36.4. The van der Waals surface area contributed by atoms with E-state index >= 15 is 0 Å². The Kier molecular flexibility index (Phi) is 6.02. The highest BCUT2D eigenvalue weighted by molar-refractivity contribution is 7.09. The minimum atomic E-state index is -4.58. The lowest BCUT2D eigenvalue weighted by atomic mass is 9.94. The normalized spacial score (nSPS) is 14.3. The van der Waals surface area contributed by atoms with Gasteiger partial charge in [-0.3, -0.25) is 20.1 Å². The number of amidine groups is 1. The van der Waals surface area contributed by atoms with Crippen LogP contribution in [0, 0.1) is 6.92 Å². The van der Waals surface area contributed by atoms with Gasteiger partial charge >= 0.3 is 6.18 Å². The summed E-state index contributed by atoms with van der Waals surface area (Å²) in [6, 6.07) is 6.82. The fourth-order valence-electron chi connectivity index (χ4n) is 4.30. The Bertz CT molecular complexity index is 1650. The van der Waals surface area contributed by atoms with E-state index in [0.29, 0.717) is 35.7 Å². The zero-order valence-corrected chi connectivity index (χ0v) is 21.0. The van der Waals surface area contributed by atoms with E-state index in [2.05, 4.69) is 34.9 Å². The molecule has 1 amide bonds. The number of pyridine rings is 1. The van der Waals surface area contributed by atoms with Gasteiger partial charge in [0.05, 0.1) is 12.1 Å². The highest BCUT2D eigenvalue weighted by atomic mass is 32.1. The van der Waals surface area contributed by atoms with Gasteiger partial charge < -0.3 is 10.2 Å². The summed E-state index contributed by atoms with van der Waals surface area (Å²) in [5.74, 6) is 1.07. The number of aromatic nitrogens is 5. The second-order valence-electron chi connectivity index (χ2n) is 8.67. The molecule has 6 rings (SSSR count). The number of nitrogens with one attached hydrogen (secondary N) is 2. The van der Waals surface area contributed by atoms with E-state index in [0.717, 1.165) is 46.4 Å². The lowest BCUT2D eigenvalue weighted by Crippen LogP contribution is -2.32. The average molecular weight is 550 g/mol. The highest BCUT2D eigenvalue weighted by Gasteiger charge is 2.32. The van der Waals surface area contributed by atoms with E-state index < -0.39 is 17.6 Å².